The summed E-state index contributed by atoms with van der Waals surface area (Å²) in [5, 5.41) is 0. The third-order valence-electron chi connectivity index (χ3n) is 1.69. The summed E-state index contributed by atoms with van der Waals surface area (Å²) >= 11 is 0. The second-order valence-electron chi connectivity index (χ2n) is 2.40. The fourth-order valence-electron chi connectivity index (χ4n) is 1.13. The third kappa shape index (κ3) is 0.923. The van der Waals surface area contributed by atoms with E-state index >= 15 is 0 Å². The smallest absolute Gasteiger partial charge is 0.187 e. The van der Waals surface area contributed by atoms with Crippen LogP contribution in [0.5, 0.6) is 0 Å². The van der Waals surface area contributed by atoms with Crippen LogP contribution in [0.4, 0.5) is 0 Å². The number of rotatable bonds is 0. The van der Waals surface area contributed by atoms with Gasteiger partial charge in [-0.2, -0.15) is 0 Å². The van der Waals surface area contributed by atoms with E-state index in [1.165, 1.54) is 0 Å². The van der Waals surface area contributed by atoms with Crippen LogP contribution in [0.25, 0.3) is 11.1 Å². The molecule has 1 heterocycles. The third-order valence-corrected chi connectivity index (χ3v) is 1.69. The Morgan fingerprint density at radius 2 is 2.09 bits per heavy atom. The second-order valence-corrected chi connectivity index (χ2v) is 2.40. The quantitative estimate of drug-likeness (QED) is 0.598. The van der Waals surface area contributed by atoms with E-state index in [0.29, 0.717) is 0 Å². The van der Waals surface area contributed by atoms with Crippen molar-refractivity contribution in [2.75, 3.05) is 0 Å². The van der Waals surface area contributed by atoms with Crippen LogP contribution in [0.2, 0.25) is 0 Å². The van der Waals surface area contributed by atoms with Crippen molar-refractivity contribution in [3.8, 4) is 11.1 Å². The number of aromatic amines is 1. The van der Waals surface area contributed by atoms with Crippen LogP contribution in [0.3, 0.4) is 0 Å². The summed E-state index contributed by atoms with van der Waals surface area (Å²) in [7, 11) is 0. The van der Waals surface area contributed by atoms with Crippen LogP contribution in [-0.2, 0) is 0 Å². The summed E-state index contributed by atoms with van der Waals surface area (Å²) in [6.07, 6.45) is 3.53. The van der Waals surface area contributed by atoms with Crippen molar-refractivity contribution < 1.29 is 0 Å². The molecule has 2 heteroatoms. The zero-order chi connectivity index (χ0) is 7.68. The standard InChI is InChI=1S/C9H7NO/c11-9-3-1-2-7-4-5-10-6-8(7)9/h1-6,10H. The van der Waals surface area contributed by atoms with Crippen LogP contribution in [0.1, 0.15) is 0 Å². The van der Waals surface area contributed by atoms with Gasteiger partial charge in [-0.05, 0) is 17.7 Å². The lowest BCUT2D eigenvalue weighted by Gasteiger charge is -1.99. The van der Waals surface area contributed by atoms with Crippen molar-refractivity contribution in [1.82, 2.24) is 4.98 Å². The summed E-state index contributed by atoms with van der Waals surface area (Å²) in [5.74, 6) is 0. The van der Waals surface area contributed by atoms with Gasteiger partial charge in [0.25, 0.3) is 0 Å². The monoisotopic (exact) mass is 145 g/mol. The van der Waals surface area contributed by atoms with E-state index in [4.69, 9.17) is 0 Å². The molecule has 1 N–H and O–H groups in total. The molecule has 1 aliphatic carbocycles. The lowest BCUT2D eigenvalue weighted by atomic mass is 10.1. The van der Waals surface area contributed by atoms with E-state index < -0.39 is 0 Å². The lowest BCUT2D eigenvalue weighted by molar-refractivity contribution is 1.31. The Labute approximate surface area is 63.8 Å². The molecule has 2 nitrogen and oxygen atoms in total. The SMILES string of the molecule is O=c1cccc2cc[nH]cc1-2. The number of H-pyrrole nitrogens is 1. The molecule has 0 aromatic rings. The molecule has 2 aliphatic rings. The van der Waals surface area contributed by atoms with Crippen molar-refractivity contribution >= 4 is 0 Å². The molecule has 2 rings (SSSR count). The van der Waals surface area contributed by atoms with Gasteiger partial charge in [0, 0.05) is 18.0 Å². The first-order valence-corrected chi connectivity index (χ1v) is 3.44. The zero-order valence-corrected chi connectivity index (χ0v) is 5.87. The zero-order valence-electron chi connectivity index (χ0n) is 5.87. The van der Waals surface area contributed by atoms with Crippen LogP contribution >= 0.6 is 0 Å². The Bertz CT molecular complexity index is 391. The number of hydrogen-bond acceptors (Lipinski definition) is 1. The molecule has 0 spiro atoms. The Hall–Kier alpha value is -1.57. The Morgan fingerprint density at radius 3 is 2.91 bits per heavy atom. The number of nitrogens with one attached hydrogen (secondary N) is 1. The molecule has 0 fully saturated rings. The van der Waals surface area contributed by atoms with E-state index in [9.17, 15) is 4.79 Å². The van der Waals surface area contributed by atoms with Gasteiger partial charge in [-0.25, -0.2) is 0 Å². The van der Waals surface area contributed by atoms with Gasteiger partial charge in [0.05, 0.1) is 0 Å². The van der Waals surface area contributed by atoms with Crippen LogP contribution < -0.4 is 5.43 Å². The molecule has 0 radical (unpaired) electrons. The maximum atomic E-state index is 11.2. The summed E-state index contributed by atoms with van der Waals surface area (Å²) in [6.45, 7) is 0. The predicted octanol–water partition coefficient (Wildman–Crippen LogP) is 1.48. The van der Waals surface area contributed by atoms with E-state index in [2.05, 4.69) is 4.98 Å². The Morgan fingerprint density at radius 1 is 1.18 bits per heavy atom. The highest BCUT2D eigenvalue weighted by atomic mass is 16.1. The molecule has 0 bridgehead atoms. The van der Waals surface area contributed by atoms with Gasteiger partial charge in [-0.3, -0.25) is 4.79 Å². The van der Waals surface area contributed by atoms with Crippen molar-refractivity contribution in [2.45, 2.75) is 0 Å². The first kappa shape index (κ1) is 6.16. The van der Waals surface area contributed by atoms with E-state index in [1.807, 2.05) is 18.3 Å². The molecule has 1 aliphatic heterocycles. The Kier molecular flexibility index (Phi) is 1.25. The van der Waals surface area contributed by atoms with Crippen molar-refractivity contribution in [1.29, 1.82) is 0 Å². The molecule has 0 aromatic carbocycles. The second kappa shape index (κ2) is 2.23. The highest BCUT2D eigenvalue weighted by molar-refractivity contribution is 5.62. The van der Waals surface area contributed by atoms with Crippen LogP contribution in [0, 0.1) is 0 Å². The predicted molar refractivity (Wildman–Crippen MR) is 43.7 cm³/mol. The maximum absolute atomic E-state index is 11.2. The first-order valence-electron chi connectivity index (χ1n) is 3.44. The van der Waals surface area contributed by atoms with Gasteiger partial charge in [0.15, 0.2) is 5.43 Å². The van der Waals surface area contributed by atoms with Crippen LogP contribution in [0.15, 0.2) is 41.5 Å². The van der Waals surface area contributed by atoms with E-state index in [1.54, 1.807) is 18.3 Å². The molecule has 0 saturated carbocycles. The molecule has 0 saturated heterocycles. The summed E-state index contributed by atoms with van der Waals surface area (Å²) in [5.41, 5.74) is 1.80. The van der Waals surface area contributed by atoms with Gasteiger partial charge in [-0.15, -0.1) is 0 Å². The largest absolute Gasteiger partial charge is 0.367 e. The van der Waals surface area contributed by atoms with E-state index in [0.717, 1.165) is 11.1 Å². The number of benzene rings is 1. The van der Waals surface area contributed by atoms with Gasteiger partial charge < -0.3 is 4.98 Å². The first-order chi connectivity index (χ1) is 5.38. The highest BCUT2D eigenvalue weighted by Gasteiger charge is 2.00. The number of fused-ring (bicyclic) bond motifs is 1. The summed E-state index contributed by atoms with van der Waals surface area (Å²) in [6, 6.07) is 7.14. The van der Waals surface area contributed by atoms with Crippen molar-refractivity contribution in [3.05, 3.63) is 46.9 Å². The molecule has 54 valence electrons. The van der Waals surface area contributed by atoms with Crippen molar-refractivity contribution in [3.63, 3.8) is 0 Å². The Balaban J connectivity index is 2.90. The normalized spacial score (nSPS) is 10.2. The van der Waals surface area contributed by atoms with Gasteiger partial charge in [0.2, 0.25) is 0 Å². The fourth-order valence-corrected chi connectivity index (χ4v) is 1.13. The molecular weight excluding hydrogens is 138 g/mol. The summed E-state index contributed by atoms with van der Waals surface area (Å²) < 4.78 is 0. The number of hydrogen-bond donors (Lipinski definition) is 1. The average molecular weight is 145 g/mol. The molecule has 0 unspecified atom stereocenters. The van der Waals surface area contributed by atoms with Gasteiger partial charge in [0.1, 0.15) is 0 Å². The minimum atomic E-state index is 0.0688. The van der Waals surface area contributed by atoms with Gasteiger partial charge in [-0.1, -0.05) is 12.1 Å². The lowest BCUT2D eigenvalue weighted by Crippen LogP contribution is -2.02. The molecular formula is C9H7NO. The molecule has 0 atom stereocenters. The molecule has 0 aromatic heterocycles. The fraction of sp³-hybridized carbons (Fsp3) is 0. The van der Waals surface area contributed by atoms with Crippen molar-refractivity contribution in [2.24, 2.45) is 0 Å². The molecule has 11 heavy (non-hydrogen) atoms. The number of pyridine rings is 1. The molecule has 0 amide bonds. The minimum absolute atomic E-state index is 0.0688. The topological polar surface area (TPSA) is 32.9 Å². The average Bonchev–Trinajstić information content (AvgIpc) is 2.06. The minimum Gasteiger partial charge on any atom is -0.367 e. The maximum Gasteiger partial charge on any atom is 0.187 e. The number of aromatic nitrogens is 1. The van der Waals surface area contributed by atoms with E-state index in [-0.39, 0.29) is 5.43 Å². The summed E-state index contributed by atoms with van der Waals surface area (Å²) in [4.78, 5) is 14.0. The highest BCUT2D eigenvalue weighted by Crippen LogP contribution is 2.13. The van der Waals surface area contributed by atoms with Gasteiger partial charge >= 0.3 is 0 Å². The van der Waals surface area contributed by atoms with Crippen LogP contribution in [-0.4, -0.2) is 4.98 Å².